The van der Waals surface area contributed by atoms with E-state index in [9.17, 15) is 27.2 Å². The van der Waals surface area contributed by atoms with Gasteiger partial charge in [-0.2, -0.15) is 4.98 Å². The predicted molar refractivity (Wildman–Crippen MR) is 200 cm³/mol. The number of rotatable bonds is 13. The molecule has 54 heavy (non-hydrogen) atoms. The largest absolute Gasteiger partial charge is 0.495 e. The molecule has 0 fully saturated rings. The number of hydrogen-bond donors (Lipinski definition) is 2. The van der Waals surface area contributed by atoms with Crippen LogP contribution in [0.15, 0.2) is 90.0 Å². The average Bonchev–Trinajstić information content (AvgIpc) is 3.56. The highest BCUT2D eigenvalue weighted by atomic mass is 32.2. The van der Waals surface area contributed by atoms with Gasteiger partial charge in [0, 0.05) is 36.7 Å². The van der Waals surface area contributed by atoms with Crippen LogP contribution in [0.25, 0.3) is 16.8 Å². The van der Waals surface area contributed by atoms with Crippen LogP contribution in [0.2, 0.25) is 0 Å². The van der Waals surface area contributed by atoms with Crippen LogP contribution in [0.1, 0.15) is 45.6 Å². The van der Waals surface area contributed by atoms with E-state index in [-0.39, 0.29) is 39.9 Å². The van der Waals surface area contributed by atoms with Crippen molar-refractivity contribution in [2.45, 2.75) is 57.3 Å². The Labute approximate surface area is 312 Å². The number of carbonyl (C=O) groups excluding carboxylic acids is 3. The first-order chi connectivity index (χ1) is 25.6. The molecule has 0 saturated heterocycles. The number of ether oxygens (including phenoxy) is 3. The van der Waals surface area contributed by atoms with Gasteiger partial charge in [-0.3, -0.25) is 9.59 Å². The van der Waals surface area contributed by atoms with Gasteiger partial charge in [-0.05, 0) is 72.5 Å². The van der Waals surface area contributed by atoms with Crippen molar-refractivity contribution in [3.05, 3.63) is 96.4 Å². The van der Waals surface area contributed by atoms with E-state index in [1.165, 1.54) is 48.9 Å². The van der Waals surface area contributed by atoms with E-state index in [4.69, 9.17) is 19.9 Å². The van der Waals surface area contributed by atoms with Crippen LogP contribution < -0.4 is 20.7 Å². The SMILES string of the molecule is CC[C@H](C)[C@H](N)C(=O)O[C@@H](C)OC(=O)N(c1nc2ccc(-c3ccc(NC(=O)[C@H](C)c4ccc(F)cc4)cc3)cn2n1)c1ccc(S(C)(=O)=O)cc1OC. The Hall–Kier alpha value is -5.87. The minimum absolute atomic E-state index is 0.00268. The molecule has 0 aliphatic carbocycles. The van der Waals surface area contributed by atoms with Gasteiger partial charge in [0.25, 0.3) is 5.95 Å². The third kappa shape index (κ3) is 9.01. The first-order valence-corrected chi connectivity index (χ1v) is 18.9. The average molecular weight is 761 g/mol. The number of methoxy groups -OCH3 is 1. The normalized spacial score (nSPS) is 13.7. The summed E-state index contributed by atoms with van der Waals surface area (Å²) in [6.07, 6.45) is 0.928. The van der Waals surface area contributed by atoms with E-state index in [1.54, 1.807) is 56.4 Å². The van der Waals surface area contributed by atoms with Crippen LogP contribution in [-0.2, 0) is 28.9 Å². The number of nitrogens with two attached hydrogens (primary N) is 1. The topological polar surface area (TPSA) is 185 Å². The molecule has 0 unspecified atom stereocenters. The lowest BCUT2D eigenvalue weighted by Gasteiger charge is -2.24. The van der Waals surface area contributed by atoms with Gasteiger partial charge >= 0.3 is 12.1 Å². The molecule has 5 rings (SSSR count). The number of nitrogens with one attached hydrogen (secondary N) is 1. The number of carbonyl (C=O) groups is 3. The molecule has 2 heterocycles. The van der Waals surface area contributed by atoms with Gasteiger partial charge in [-0.25, -0.2) is 27.0 Å². The number of sulfone groups is 1. The van der Waals surface area contributed by atoms with Crippen molar-refractivity contribution >= 4 is 50.8 Å². The molecule has 0 bridgehead atoms. The zero-order chi connectivity index (χ0) is 39.3. The van der Waals surface area contributed by atoms with Gasteiger partial charge in [0.2, 0.25) is 12.2 Å². The maximum atomic E-state index is 13.8. The highest BCUT2D eigenvalue weighted by molar-refractivity contribution is 7.90. The Kier molecular flexibility index (Phi) is 12.0. The number of halogens is 1. The summed E-state index contributed by atoms with van der Waals surface area (Å²) >= 11 is 0. The Morgan fingerprint density at radius 1 is 0.944 bits per heavy atom. The molecule has 14 nitrogen and oxygen atoms in total. The standard InChI is InChI=1S/C38H41FN6O8S/c1-7-22(2)34(40)36(47)52-24(4)53-38(48)45(31-18-17-30(54(6,49)50)20-32(31)51-5)37-42-33-19-12-27(21-44(33)43-37)26-10-15-29(16-11-26)41-35(46)23(3)25-8-13-28(39)14-9-25/h8-24,34H,7,40H2,1-6H3,(H,41,46)/t22-,23+,24+,34-/m0/s1. The number of aromatic nitrogens is 3. The molecule has 16 heteroatoms. The minimum atomic E-state index is -3.64. The number of nitrogens with zero attached hydrogens (tertiary/aromatic N) is 4. The van der Waals surface area contributed by atoms with Crippen molar-refractivity contribution in [2.75, 3.05) is 23.6 Å². The Morgan fingerprint density at radius 2 is 1.61 bits per heavy atom. The number of pyridine rings is 1. The van der Waals surface area contributed by atoms with Crippen molar-refractivity contribution in [2.24, 2.45) is 11.7 Å². The molecule has 0 aliphatic rings. The molecule has 2 amide bonds. The Morgan fingerprint density at radius 3 is 2.24 bits per heavy atom. The fourth-order valence-electron chi connectivity index (χ4n) is 5.34. The summed E-state index contributed by atoms with van der Waals surface area (Å²) in [5.74, 6) is -2.23. The smallest absolute Gasteiger partial charge is 0.424 e. The van der Waals surface area contributed by atoms with Crippen LogP contribution >= 0.6 is 0 Å². The fourth-order valence-corrected chi connectivity index (χ4v) is 5.98. The molecule has 3 aromatic carbocycles. The molecular formula is C38H41FN6O8S. The van der Waals surface area contributed by atoms with Crippen molar-refractivity contribution in [3.8, 4) is 16.9 Å². The van der Waals surface area contributed by atoms with Gasteiger partial charge < -0.3 is 25.3 Å². The van der Waals surface area contributed by atoms with Gasteiger partial charge in [-0.1, -0.05) is 44.5 Å². The van der Waals surface area contributed by atoms with E-state index >= 15 is 0 Å². The second kappa shape index (κ2) is 16.4. The van der Waals surface area contributed by atoms with Crippen LogP contribution in [0.3, 0.4) is 0 Å². The summed E-state index contributed by atoms with van der Waals surface area (Å²) in [7, 11) is -2.33. The van der Waals surface area contributed by atoms with Gasteiger partial charge in [0.05, 0.1) is 23.6 Å². The van der Waals surface area contributed by atoms with E-state index in [2.05, 4.69) is 15.4 Å². The fraction of sp³-hybridized carbons (Fsp3) is 0.289. The third-order valence-corrected chi connectivity index (χ3v) is 9.96. The molecule has 0 radical (unpaired) electrons. The summed E-state index contributed by atoms with van der Waals surface area (Å²) < 4.78 is 55.7. The first-order valence-electron chi connectivity index (χ1n) is 17.0. The third-order valence-electron chi connectivity index (χ3n) is 8.85. The first kappa shape index (κ1) is 39.3. The summed E-state index contributed by atoms with van der Waals surface area (Å²) in [5.41, 5.74) is 9.13. The molecule has 0 spiro atoms. The second-order valence-electron chi connectivity index (χ2n) is 12.7. The minimum Gasteiger partial charge on any atom is -0.495 e. The van der Waals surface area contributed by atoms with Crippen LogP contribution in [0.4, 0.5) is 26.5 Å². The number of benzene rings is 3. The van der Waals surface area contributed by atoms with Crippen molar-refractivity contribution in [1.82, 2.24) is 14.6 Å². The van der Waals surface area contributed by atoms with Crippen LogP contribution in [0.5, 0.6) is 5.75 Å². The maximum Gasteiger partial charge on any atom is 0.424 e. The Bertz CT molecular complexity index is 2260. The molecule has 4 atom stereocenters. The quantitative estimate of drug-likeness (QED) is 0.102. The summed E-state index contributed by atoms with van der Waals surface area (Å²) in [6.45, 7) is 6.77. The number of anilines is 3. The number of esters is 1. The highest BCUT2D eigenvalue weighted by Gasteiger charge is 2.31. The molecule has 3 N–H and O–H groups in total. The van der Waals surface area contributed by atoms with Crippen LogP contribution in [-0.4, -0.2) is 66.7 Å². The predicted octanol–water partition coefficient (Wildman–Crippen LogP) is 6.23. The summed E-state index contributed by atoms with van der Waals surface area (Å²) in [5, 5.41) is 7.41. The lowest BCUT2D eigenvalue weighted by molar-refractivity contribution is -0.167. The van der Waals surface area contributed by atoms with Crippen molar-refractivity contribution < 1.29 is 41.4 Å². The van der Waals surface area contributed by atoms with Crippen molar-refractivity contribution in [1.29, 1.82) is 0 Å². The van der Waals surface area contributed by atoms with E-state index in [0.717, 1.165) is 22.3 Å². The van der Waals surface area contributed by atoms with E-state index in [1.807, 2.05) is 19.1 Å². The zero-order valence-electron chi connectivity index (χ0n) is 30.5. The van der Waals surface area contributed by atoms with E-state index < -0.39 is 40.1 Å². The molecule has 2 aromatic heterocycles. The summed E-state index contributed by atoms with van der Waals surface area (Å²) in [4.78, 5) is 44.7. The zero-order valence-corrected chi connectivity index (χ0v) is 31.3. The lowest BCUT2D eigenvalue weighted by atomic mass is 10.00. The summed E-state index contributed by atoms with van der Waals surface area (Å²) in [6, 6.07) is 19.3. The molecule has 5 aromatic rings. The maximum absolute atomic E-state index is 13.8. The Balaban J connectivity index is 1.42. The number of amides is 2. The van der Waals surface area contributed by atoms with Crippen LogP contribution in [0, 0.1) is 11.7 Å². The highest BCUT2D eigenvalue weighted by Crippen LogP contribution is 2.36. The van der Waals surface area contributed by atoms with E-state index in [0.29, 0.717) is 23.3 Å². The monoisotopic (exact) mass is 760 g/mol. The van der Waals surface area contributed by atoms with Gasteiger partial charge in [-0.15, -0.1) is 5.10 Å². The van der Waals surface area contributed by atoms with Crippen molar-refractivity contribution in [3.63, 3.8) is 0 Å². The number of hydrogen-bond acceptors (Lipinski definition) is 11. The van der Waals surface area contributed by atoms with Gasteiger partial charge in [0.1, 0.15) is 17.6 Å². The molecule has 284 valence electrons. The molecular weight excluding hydrogens is 720 g/mol. The molecule has 0 saturated carbocycles. The number of fused-ring (bicyclic) bond motifs is 1. The second-order valence-corrected chi connectivity index (χ2v) is 14.7. The lowest BCUT2D eigenvalue weighted by Crippen LogP contribution is -2.41. The van der Waals surface area contributed by atoms with Gasteiger partial charge in [0.15, 0.2) is 15.5 Å². The molecule has 0 aliphatic heterocycles.